The SMILES string of the molecule is Fc1ccc(Oc2ccc(CCl)c(Br)c2)c(Br)c1. The van der Waals surface area contributed by atoms with Gasteiger partial charge in [0.1, 0.15) is 17.3 Å². The first kappa shape index (κ1) is 13.8. The molecular weight excluding hydrogens is 386 g/mol. The van der Waals surface area contributed by atoms with Crippen molar-refractivity contribution in [2.24, 2.45) is 0 Å². The molecule has 0 spiro atoms. The van der Waals surface area contributed by atoms with Crippen LogP contribution in [0.15, 0.2) is 45.3 Å². The summed E-state index contributed by atoms with van der Waals surface area (Å²) in [5, 5.41) is 0. The number of benzene rings is 2. The molecule has 2 aromatic carbocycles. The second-order valence-corrected chi connectivity index (χ2v) is 5.54. The van der Waals surface area contributed by atoms with E-state index in [1.165, 1.54) is 12.1 Å². The maximum Gasteiger partial charge on any atom is 0.141 e. The van der Waals surface area contributed by atoms with Gasteiger partial charge in [-0.3, -0.25) is 0 Å². The van der Waals surface area contributed by atoms with Gasteiger partial charge in [0.15, 0.2) is 0 Å². The molecule has 0 saturated heterocycles. The molecule has 0 saturated carbocycles. The molecule has 0 aliphatic carbocycles. The molecule has 0 radical (unpaired) electrons. The van der Waals surface area contributed by atoms with Crippen LogP contribution in [0.1, 0.15) is 5.56 Å². The number of ether oxygens (including phenoxy) is 1. The molecule has 0 N–H and O–H groups in total. The zero-order valence-electron chi connectivity index (χ0n) is 9.09. The zero-order chi connectivity index (χ0) is 13.1. The first-order valence-corrected chi connectivity index (χ1v) is 7.19. The molecule has 18 heavy (non-hydrogen) atoms. The van der Waals surface area contributed by atoms with E-state index in [2.05, 4.69) is 31.9 Å². The molecule has 5 heteroatoms. The van der Waals surface area contributed by atoms with Crippen LogP contribution in [0.5, 0.6) is 11.5 Å². The van der Waals surface area contributed by atoms with Crippen LogP contribution in [0.25, 0.3) is 0 Å². The molecule has 2 aromatic rings. The lowest BCUT2D eigenvalue weighted by atomic mass is 10.2. The monoisotopic (exact) mass is 392 g/mol. The number of hydrogen-bond acceptors (Lipinski definition) is 1. The molecule has 0 bridgehead atoms. The second kappa shape index (κ2) is 6.04. The normalized spacial score (nSPS) is 10.4. The van der Waals surface area contributed by atoms with Gasteiger partial charge in [-0.2, -0.15) is 0 Å². The molecule has 0 aliphatic rings. The number of hydrogen-bond donors (Lipinski definition) is 0. The minimum Gasteiger partial charge on any atom is -0.456 e. The molecule has 0 fully saturated rings. The summed E-state index contributed by atoms with van der Waals surface area (Å²) in [6, 6.07) is 9.80. The fourth-order valence-corrected chi connectivity index (χ4v) is 2.71. The zero-order valence-corrected chi connectivity index (χ0v) is 13.0. The Morgan fingerprint density at radius 3 is 2.44 bits per heavy atom. The maximum atomic E-state index is 12.9. The highest BCUT2D eigenvalue weighted by Crippen LogP contribution is 2.32. The van der Waals surface area contributed by atoms with Gasteiger partial charge in [0.2, 0.25) is 0 Å². The topological polar surface area (TPSA) is 9.23 Å². The third-order valence-corrected chi connectivity index (χ3v) is 3.94. The van der Waals surface area contributed by atoms with Gasteiger partial charge in [0, 0.05) is 10.4 Å². The summed E-state index contributed by atoms with van der Waals surface area (Å²) in [7, 11) is 0. The van der Waals surface area contributed by atoms with Crippen LogP contribution >= 0.6 is 43.5 Å². The Balaban J connectivity index is 2.26. The molecule has 1 nitrogen and oxygen atoms in total. The molecular formula is C13H8Br2ClFO. The van der Waals surface area contributed by atoms with Gasteiger partial charge in [0.25, 0.3) is 0 Å². The standard InChI is InChI=1S/C13H8Br2ClFO/c14-11-6-10(3-1-8(11)7-16)18-13-4-2-9(17)5-12(13)15/h1-6H,7H2. The van der Waals surface area contributed by atoms with Crippen molar-refractivity contribution >= 4 is 43.5 Å². The fourth-order valence-electron chi connectivity index (χ4n) is 1.38. The van der Waals surface area contributed by atoms with Gasteiger partial charge in [0.05, 0.1) is 4.47 Å². The summed E-state index contributed by atoms with van der Waals surface area (Å²) in [4.78, 5) is 0. The van der Waals surface area contributed by atoms with Crippen LogP contribution in [0.3, 0.4) is 0 Å². The van der Waals surface area contributed by atoms with Crippen molar-refractivity contribution in [3.63, 3.8) is 0 Å². The van der Waals surface area contributed by atoms with E-state index in [0.29, 0.717) is 21.9 Å². The smallest absolute Gasteiger partial charge is 0.141 e. The molecule has 94 valence electrons. The fraction of sp³-hybridized carbons (Fsp3) is 0.0769. The van der Waals surface area contributed by atoms with Crippen molar-refractivity contribution < 1.29 is 9.13 Å². The Morgan fingerprint density at radius 2 is 1.83 bits per heavy atom. The Bertz CT molecular complexity index is 575. The highest BCUT2D eigenvalue weighted by Gasteiger charge is 2.06. The summed E-state index contributed by atoms with van der Waals surface area (Å²) >= 11 is 12.4. The molecule has 0 unspecified atom stereocenters. The second-order valence-electron chi connectivity index (χ2n) is 3.56. The van der Waals surface area contributed by atoms with Crippen LogP contribution in [0.4, 0.5) is 4.39 Å². The average Bonchev–Trinajstić information content (AvgIpc) is 2.33. The third-order valence-electron chi connectivity index (χ3n) is 2.29. The predicted octanol–water partition coefficient (Wildman–Crippen LogP) is 5.88. The van der Waals surface area contributed by atoms with Gasteiger partial charge in [-0.05, 0) is 51.8 Å². The van der Waals surface area contributed by atoms with E-state index in [0.717, 1.165) is 10.0 Å². The quantitative estimate of drug-likeness (QED) is 0.591. The first-order valence-electron chi connectivity index (χ1n) is 5.07. The number of halogens is 4. The van der Waals surface area contributed by atoms with E-state index in [1.807, 2.05) is 18.2 Å². The molecule has 0 heterocycles. The van der Waals surface area contributed by atoms with Crippen LogP contribution in [-0.4, -0.2) is 0 Å². The Labute approximate surface area is 126 Å². The molecule has 0 amide bonds. The van der Waals surface area contributed by atoms with Crippen LogP contribution in [0.2, 0.25) is 0 Å². The minimum atomic E-state index is -0.312. The van der Waals surface area contributed by atoms with E-state index in [1.54, 1.807) is 6.07 Å². The summed E-state index contributed by atoms with van der Waals surface area (Å²) in [5.74, 6) is 1.33. The van der Waals surface area contributed by atoms with Gasteiger partial charge in [-0.25, -0.2) is 4.39 Å². The lowest BCUT2D eigenvalue weighted by Crippen LogP contribution is -1.88. The molecule has 2 rings (SSSR count). The van der Waals surface area contributed by atoms with Crippen LogP contribution in [-0.2, 0) is 5.88 Å². The van der Waals surface area contributed by atoms with Gasteiger partial charge in [-0.15, -0.1) is 11.6 Å². The Kier molecular flexibility index (Phi) is 4.65. The van der Waals surface area contributed by atoms with Crippen LogP contribution < -0.4 is 4.74 Å². The Hall–Kier alpha value is -0.580. The molecule has 0 atom stereocenters. The summed E-state index contributed by atoms with van der Waals surface area (Å²) < 4.78 is 20.1. The highest BCUT2D eigenvalue weighted by atomic mass is 79.9. The van der Waals surface area contributed by atoms with Gasteiger partial charge >= 0.3 is 0 Å². The summed E-state index contributed by atoms with van der Waals surface area (Å²) in [5.41, 5.74) is 0.988. The lowest BCUT2D eigenvalue weighted by Gasteiger charge is -2.09. The number of alkyl halides is 1. The van der Waals surface area contributed by atoms with E-state index in [-0.39, 0.29) is 5.82 Å². The summed E-state index contributed by atoms with van der Waals surface area (Å²) in [6.07, 6.45) is 0. The van der Waals surface area contributed by atoms with E-state index in [4.69, 9.17) is 16.3 Å². The highest BCUT2D eigenvalue weighted by molar-refractivity contribution is 9.10. The van der Waals surface area contributed by atoms with Crippen molar-refractivity contribution in [2.75, 3.05) is 0 Å². The van der Waals surface area contributed by atoms with E-state index < -0.39 is 0 Å². The van der Waals surface area contributed by atoms with Crippen molar-refractivity contribution in [3.05, 3.63) is 56.7 Å². The van der Waals surface area contributed by atoms with Crippen molar-refractivity contribution in [2.45, 2.75) is 5.88 Å². The minimum absolute atomic E-state index is 0.312. The molecule has 0 aliphatic heterocycles. The lowest BCUT2D eigenvalue weighted by molar-refractivity contribution is 0.477. The Morgan fingerprint density at radius 1 is 1.06 bits per heavy atom. The first-order chi connectivity index (χ1) is 8.60. The largest absolute Gasteiger partial charge is 0.456 e. The summed E-state index contributed by atoms with van der Waals surface area (Å²) in [6.45, 7) is 0. The van der Waals surface area contributed by atoms with Crippen molar-refractivity contribution in [3.8, 4) is 11.5 Å². The average molecular weight is 394 g/mol. The third kappa shape index (κ3) is 3.25. The maximum absolute atomic E-state index is 12.9. The predicted molar refractivity (Wildman–Crippen MR) is 77.9 cm³/mol. The van der Waals surface area contributed by atoms with Gasteiger partial charge < -0.3 is 4.74 Å². The van der Waals surface area contributed by atoms with Gasteiger partial charge in [-0.1, -0.05) is 22.0 Å². The van der Waals surface area contributed by atoms with Crippen molar-refractivity contribution in [1.82, 2.24) is 0 Å². The van der Waals surface area contributed by atoms with Crippen molar-refractivity contribution in [1.29, 1.82) is 0 Å². The molecule has 0 aromatic heterocycles. The van der Waals surface area contributed by atoms with Crippen LogP contribution in [0, 0.1) is 5.82 Å². The number of rotatable bonds is 3. The van der Waals surface area contributed by atoms with E-state index in [9.17, 15) is 4.39 Å². The van der Waals surface area contributed by atoms with E-state index >= 15 is 0 Å².